The Balaban J connectivity index is 1.46. The van der Waals surface area contributed by atoms with Crippen molar-refractivity contribution in [2.24, 2.45) is 22.7 Å². The van der Waals surface area contributed by atoms with Crippen molar-refractivity contribution in [2.75, 3.05) is 6.61 Å². The zero-order valence-electron chi connectivity index (χ0n) is 20.0. The van der Waals surface area contributed by atoms with Crippen molar-refractivity contribution in [2.45, 2.75) is 83.9 Å². The first-order chi connectivity index (χ1) is 15.4. The minimum atomic E-state index is -1.64. The second-order valence-electron chi connectivity index (χ2n) is 11.1. The van der Waals surface area contributed by atoms with E-state index in [1.54, 1.807) is 24.7 Å². The minimum absolute atomic E-state index is 0.00326. The number of rotatable bonds is 11. The van der Waals surface area contributed by atoms with Gasteiger partial charge in [-0.1, -0.05) is 40.2 Å². The number of hydrogen-bond donors (Lipinski definition) is 4. The van der Waals surface area contributed by atoms with Gasteiger partial charge in [-0.25, -0.2) is 0 Å². The molecule has 6 atom stereocenters. The molecule has 184 valence electrons. The molecule has 1 aromatic rings. The number of aliphatic hydroxyl groups excluding tert-OH is 3. The number of allylic oxidation sites excluding steroid dienone is 2. The number of carbonyl (C=O) groups excluding carboxylic acids is 1. The number of ether oxygens (including phenoxy) is 1. The molecule has 1 aliphatic heterocycles. The van der Waals surface area contributed by atoms with Crippen LogP contribution in [0, 0.1) is 22.7 Å². The van der Waals surface area contributed by atoms with Gasteiger partial charge in [0.15, 0.2) is 11.6 Å². The molecule has 1 saturated heterocycles. The summed E-state index contributed by atoms with van der Waals surface area (Å²) in [6, 6.07) is 0. The third-order valence-corrected chi connectivity index (χ3v) is 7.05. The lowest BCUT2D eigenvalue weighted by molar-refractivity contribution is -0.381. The van der Waals surface area contributed by atoms with Gasteiger partial charge in [-0.2, -0.15) is 0 Å². The average Bonchev–Trinajstić information content (AvgIpc) is 2.85. The van der Waals surface area contributed by atoms with E-state index in [9.17, 15) is 25.2 Å². The maximum Gasteiger partial charge on any atom is 0.181 e. The molecule has 6 unspecified atom stereocenters. The number of aromatic nitrogens is 2. The molecule has 1 aromatic heterocycles. The van der Waals surface area contributed by atoms with E-state index < -0.39 is 36.4 Å². The van der Waals surface area contributed by atoms with Crippen LogP contribution < -0.4 is 0 Å². The third kappa shape index (κ3) is 5.87. The minimum Gasteiger partial charge on any atom is -0.396 e. The molecule has 8 nitrogen and oxygen atoms in total. The van der Waals surface area contributed by atoms with E-state index in [-0.39, 0.29) is 29.1 Å². The first kappa shape index (κ1) is 25.9. The van der Waals surface area contributed by atoms with Gasteiger partial charge in [-0.05, 0) is 36.2 Å². The van der Waals surface area contributed by atoms with Gasteiger partial charge >= 0.3 is 0 Å². The Morgan fingerprint density at radius 1 is 1.21 bits per heavy atom. The van der Waals surface area contributed by atoms with Crippen molar-refractivity contribution >= 4 is 5.78 Å². The SMILES string of the molecule is CC(C)(C=CC(=O)Cc1cnccn1)CC(C)(C)CCCC1OC2(O)C(CO)C(O)C(O)C12. The highest BCUT2D eigenvalue weighted by Crippen LogP contribution is 2.54. The highest BCUT2D eigenvalue weighted by molar-refractivity contribution is 5.91. The summed E-state index contributed by atoms with van der Waals surface area (Å²) in [5.41, 5.74) is 0.485. The van der Waals surface area contributed by atoms with Gasteiger partial charge in [0.05, 0.1) is 48.9 Å². The van der Waals surface area contributed by atoms with Crippen LogP contribution in [0.2, 0.25) is 0 Å². The van der Waals surface area contributed by atoms with Crippen LogP contribution in [-0.4, -0.2) is 66.9 Å². The number of nitrogens with zero attached hydrogens (tertiary/aromatic N) is 2. The number of fused-ring (bicyclic) bond motifs is 1. The maximum absolute atomic E-state index is 12.3. The van der Waals surface area contributed by atoms with Crippen molar-refractivity contribution in [1.29, 1.82) is 0 Å². The van der Waals surface area contributed by atoms with Gasteiger partial charge in [0.25, 0.3) is 0 Å². The normalized spacial score (nSPS) is 32.1. The van der Waals surface area contributed by atoms with E-state index in [0.29, 0.717) is 12.1 Å². The van der Waals surface area contributed by atoms with Crippen molar-refractivity contribution in [3.8, 4) is 0 Å². The van der Waals surface area contributed by atoms with E-state index >= 15 is 0 Å². The zero-order valence-corrected chi connectivity index (χ0v) is 20.0. The average molecular weight is 463 g/mol. The fourth-order valence-electron chi connectivity index (χ4n) is 5.70. The Hall–Kier alpha value is -1.71. The summed E-state index contributed by atoms with van der Waals surface area (Å²) < 4.78 is 5.64. The highest BCUT2D eigenvalue weighted by atomic mass is 16.7. The molecular weight excluding hydrogens is 424 g/mol. The van der Waals surface area contributed by atoms with E-state index in [2.05, 4.69) is 37.7 Å². The predicted molar refractivity (Wildman–Crippen MR) is 122 cm³/mol. The molecule has 8 heteroatoms. The summed E-state index contributed by atoms with van der Waals surface area (Å²) in [6.07, 6.45) is 9.26. The van der Waals surface area contributed by atoms with Crippen LogP contribution in [0.15, 0.2) is 30.7 Å². The van der Waals surface area contributed by atoms with Gasteiger partial charge in [0.2, 0.25) is 0 Å². The second-order valence-corrected chi connectivity index (χ2v) is 11.1. The largest absolute Gasteiger partial charge is 0.396 e. The molecule has 1 aliphatic carbocycles. The van der Waals surface area contributed by atoms with Gasteiger partial charge < -0.3 is 25.2 Å². The highest BCUT2D eigenvalue weighted by Gasteiger charge is 2.69. The van der Waals surface area contributed by atoms with Crippen molar-refractivity contribution < 1.29 is 30.0 Å². The molecule has 2 fully saturated rings. The summed E-state index contributed by atoms with van der Waals surface area (Å²) in [7, 11) is 0. The zero-order chi connectivity index (χ0) is 24.4. The van der Waals surface area contributed by atoms with E-state index in [1.165, 1.54) is 0 Å². The molecule has 2 heterocycles. The van der Waals surface area contributed by atoms with Crippen LogP contribution in [0.3, 0.4) is 0 Å². The van der Waals surface area contributed by atoms with Crippen LogP contribution in [-0.2, 0) is 16.0 Å². The smallest absolute Gasteiger partial charge is 0.181 e. The summed E-state index contributed by atoms with van der Waals surface area (Å²) in [5.74, 6) is -3.10. The van der Waals surface area contributed by atoms with Gasteiger partial charge in [-0.15, -0.1) is 0 Å². The van der Waals surface area contributed by atoms with Crippen molar-refractivity contribution in [1.82, 2.24) is 9.97 Å². The summed E-state index contributed by atoms with van der Waals surface area (Å²) in [6.45, 7) is 8.17. The Labute approximate surface area is 195 Å². The quantitative estimate of drug-likeness (QED) is 0.366. The fraction of sp³-hybridized carbons (Fsp3) is 0.720. The summed E-state index contributed by atoms with van der Waals surface area (Å²) in [5, 5.41) is 40.4. The molecule has 0 radical (unpaired) electrons. The standard InChI is InChI=1S/C25H38N2O6/c1-23(2,15-24(3,4)9-7-17(29)12-16-13-26-10-11-27-16)8-5-6-19-20-22(31)21(30)18(14-28)25(20,32)33-19/h7,9-11,13,18-22,28,30-32H,5-6,8,12,14-15H2,1-4H3. The van der Waals surface area contributed by atoms with Crippen LogP contribution in [0.5, 0.6) is 0 Å². The lowest BCUT2D eigenvalue weighted by Crippen LogP contribution is -2.62. The van der Waals surface area contributed by atoms with Crippen LogP contribution in [0.25, 0.3) is 0 Å². The van der Waals surface area contributed by atoms with Gasteiger partial charge in [-0.3, -0.25) is 14.8 Å². The van der Waals surface area contributed by atoms with Crippen LogP contribution >= 0.6 is 0 Å². The molecule has 0 aromatic carbocycles. The van der Waals surface area contributed by atoms with Gasteiger partial charge in [0, 0.05) is 18.6 Å². The third-order valence-electron chi connectivity index (χ3n) is 7.05. The number of hydrogen-bond acceptors (Lipinski definition) is 8. The topological polar surface area (TPSA) is 133 Å². The molecule has 33 heavy (non-hydrogen) atoms. The molecule has 0 bridgehead atoms. The Morgan fingerprint density at radius 3 is 2.58 bits per heavy atom. The van der Waals surface area contributed by atoms with E-state index in [0.717, 1.165) is 19.3 Å². The summed E-state index contributed by atoms with van der Waals surface area (Å²) >= 11 is 0. The molecule has 0 spiro atoms. The molecule has 3 rings (SSSR count). The fourth-order valence-corrected chi connectivity index (χ4v) is 5.70. The number of ketones is 1. The van der Waals surface area contributed by atoms with Crippen molar-refractivity contribution in [3.63, 3.8) is 0 Å². The Bertz CT molecular complexity index is 843. The predicted octanol–water partition coefficient (Wildman–Crippen LogP) is 1.80. The molecule has 0 amide bonds. The second kappa shape index (κ2) is 9.88. The Morgan fingerprint density at radius 2 is 1.94 bits per heavy atom. The van der Waals surface area contributed by atoms with E-state index in [1.807, 2.05) is 6.08 Å². The molecular formula is C25H38N2O6. The summed E-state index contributed by atoms with van der Waals surface area (Å²) in [4.78, 5) is 20.4. The van der Waals surface area contributed by atoms with Gasteiger partial charge in [0.1, 0.15) is 0 Å². The monoisotopic (exact) mass is 462 g/mol. The Kier molecular flexibility index (Phi) is 7.75. The molecule has 1 saturated carbocycles. The van der Waals surface area contributed by atoms with Crippen molar-refractivity contribution in [3.05, 3.63) is 36.4 Å². The lowest BCUT2D eigenvalue weighted by atomic mass is 9.72. The maximum atomic E-state index is 12.3. The number of carbonyl (C=O) groups is 1. The van der Waals surface area contributed by atoms with E-state index in [4.69, 9.17) is 4.74 Å². The molecule has 4 N–H and O–H groups in total. The van der Waals surface area contributed by atoms with Crippen LogP contribution in [0.4, 0.5) is 0 Å². The van der Waals surface area contributed by atoms with Crippen LogP contribution in [0.1, 0.15) is 59.1 Å². The first-order valence-corrected chi connectivity index (χ1v) is 11.7. The lowest BCUT2D eigenvalue weighted by Gasteiger charge is -2.50. The molecule has 2 aliphatic rings. The first-order valence-electron chi connectivity index (χ1n) is 11.7. The number of aliphatic hydroxyl groups is 4.